The van der Waals surface area contributed by atoms with Gasteiger partial charge >= 0.3 is 0 Å². The second kappa shape index (κ2) is 6.76. The number of hydrogen-bond acceptors (Lipinski definition) is 5. The Balaban J connectivity index is 2.72. The average molecular weight is 304 g/mol. The molecule has 0 radical (unpaired) electrons. The molecule has 0 aliphatic rings. The van der Waals surface area contributed by atoms with Crippen LogP contribution in [0, 0.1) is 5.92 Å². The van der Waals surface area contributed by atoms with Crippen molar-refractivity contribution in [3.05, 3.63) is 10.7 Å². The lowest BCUT2D eigenvalue weighted by Crippen LogP contribution is -2.26. The van der Waals surface area contributed by atoms with Gasteiger partial charge in [-0.1, -0.05) is 13.8 Å². The number of halogens is 1. The van der Waals surface area contributed by atoms with Crippen LogP contribution in [0.5, 0.6) is 5.88 Å². The number of nitrogens with one attached hydrogen (secondary N) is 1. The molecule has 0 bridgehead atoms. The maximum atomic E-state index is 9.26. The zero-order valence-corrected chi connectivity index (χ0v) is 11.9. The van der Waals surface area contributed by atoms with Gasteiger partial charge in [0.05, 0.1) is 30.4 Å². The molecule has 1 rings (SSSR count). The van der Waals surface area contributed by atoms with Crippen LogP contribution >= 0.6 is 15.9 Å². The first-order valence-electron chi connectivity index (χ1n) is 5.50. The van der Waals surface area contributed by atoms with Gasteiger partial charge < -0.3 is 15.2 Å². The molecule has 96 valence electrons. The normalized spacial score (nSPS) is 12.6. The van der Waals surface area contributed by atoms with E-state index in [1.807, 2.05) is 0 Å². The van der Waals surface area contributed by atoms with Gasteiger partial charge in [0.25, 0.3) is 0 Å². The van der Waals surface area contributed by atoms with Crippen LogP contribution in [0.15, 0.2) is 10.7 Å². The van der Waals surface area contributed by atoms with E-state index in [1.165, 1.54) is 0 Å². The summed E-state index contributed by atoms with van der Waals surface area (Å²) in [5.74, 6) is 1.44. The van der Waals surface area contributed by atoms with Crippen molar-refractivity contribution in [3.63, 3.8) is 0 Å². The molecule has 0 aliphatic heterocycles. The Morgan fingerprint density at radius 3 is 2.76 bits per heavy atom. The molecule has 1 aromatic heterocycles. The van der Waals surface area contributed by atoms with Crippen molar-refractivity contribution >= 4 is 21.9 Å². The van der Waals surface area contributed by atoms with E-state index >= 15 is 0 Å². The second-order valence-corrected chi connectivity index (χ2v) is 5.06. The van der Waals surface area contributed by atoms with Crippen molar-refractivity contribution in [2.75, 3.05) is 19.0 Å². The summed E-state index contributed by atoms with van der Waals surface area (Å²) in [6.07, 6.45) is 2.48. The molecule has 1 aromatic rings. The molecule has 17 heavy (non-hydrogen) atoms. The molecule has 6 heteroatoms. The van der Waals surface area contributed by atoms with Crippen LogP contribution in [0.1, 0.15) is 20.3 Å². The zero-order valence-electron chi connectivity index (χ0n) is 10.3. The minimum absolute atomic E-state index is 0.0409. The van der Waals surface area contributed by atoms with Crippen molar-refractivity contribution in [2.45, 2.75) is 26.3 Å². The topological polar surface area (TPSA) is 67.3 Å². The van der Waals surface area contributed by atoms with Crippen LogP contribution in [0.2, 0.25) is 0 Å². The lowest BCUT2D eigenvalue weighted by Gasteiger charge is -2.18. The average Bonchev–Trinajstić information content (AvgIpc) is 2.30. The van der Waals surface area contributed by atoms with E-state index in [2.05, 4.69) is 45.1 Å². The summed E-state index contributed by atoms with van der Waals surface area (Å²) >= 11 is 3.29. The van der Waals surface area contributed by atoms with Crippen molar-refractivity contribution in [1.82, 2.24) is 9.97 Å². The number of hydrogen-bond donors (Lipinski definition) is 2. The predicted molar refractivity (Wildman–Crippen MR) is 70.2 cm³/mol. The Labute approximate surface area is 110 Å². The van der Waals surface area contributed by atoms with Crippen molar-refractivity contribution in [1.29, 1.82) is 0 Å². The molecular formula is C11H18BrN3O2. The van der Waals surface area contributed by atoms with E-state index in [0.29, 0.717) is 22.2 Å². The molecule has 1 unspecified atom stereocenters. The number of methoxy groups -OCH3 is 1. The first kappa shape index (κ1) is 14.2. The summed E-state index contributed by atoms with van der Waals surface area (Å²) in [7, 11) is 1.55. The molecule has 0 aromatic carbocycles. The Bertz CT molecular complexity index is 361. The highest BCUT2D eigenvalue weighted by molar-refractivity contribution is 9.10. The standard InChI is InChI=1S/C11H18BrN3O2/c1-7(2)4-8(6-16)14-11-13-5-9(12)10(15-11)17-3/h5,7-8,16H,4,6H2,1-3H3,(H,13,14,15). The Morgan fingerprint density at radius 2 is 2.24 bits per heavy atom. The highest BCUT2D eigenvalue weighted by Gasteiger charge is 2.12. The van der Waals surface area contributed by atoms with Gasteiger partial charge in [-0.25, -0.2) is 4.98 Å². The van der Waals surface area contributed by atoms with Gasteiger partial charge in [0.2, 0.25) is 11.8 Å². The smallest absolute Gasteiger partial charge is 0.232 e. The summed E-state index contributed by atoms with van der Waals surface area (Å²) in [5, 5.41) is 12.3. The van der Waals surface area contributed by atoms with Gasteiger partial charge in [0.1, 0.15) is 0 Å². The molecule has 0 saturated heterocycles. The highest BCUT2D eigenvalue weighted by Crippen LogP contribution is 2.22. The minimum atomic E-state index is -0.0409. The quantitative estimate of drug-likeness (QED) is 0.842. The van der Waals surface area contributed by atoms with E-state index in [1.54, 1.807) is 13.3 Å². The number of aliphatic hydroxyl groups is 1. The van der Waals surface area contributed by atoms with Crippen LogP contribution in [0.3, 0.4) is 0 Å². The third-order valence-electron chi connectivity index (χ3n) is 2.21. The molecule has 0 aliphatic carbocycles. The highest BCUT2D eigenvalue weighted by atomic mass is 79.9. The van der Waals surface area contributed by atoms with E-state index in [4.69, 9.17) is 4.74 Å². The molecule has 1 atom stereocenters. The monoisotopic (exact) mass is 303 g/mol. The van der Waals surface area contributed by atoms with Crippen molar-refractivity contribution in [3.8, 4) is 5.88 Å². The lowest BCUT2D eigenvalue weighted by atomic mass is 10.0. The zero-order chi connectivity index (χ0) is 12.8. The van der Waals surface area contributed by atoms with E-state index in [9.17, 15) is 5.11 Å². The number of rotatable bonds is 6. The molecule has 0 amide bonds. The van der Waals surface area contributed by atoms with Gasteiger partial charge in [0, 0.05) is 0 Å². The Kier molecular flexibility index (Phi) is 5.64. The largest absolute Gasteiger partial charge is 0.480 e. The predicted octanol–water partition coefficient (Wildman–Crippen LogP) is 2.07. The molecule has 1 heterocycles. The number of ether oxygens (including phenoxy) is 1. The fourth-order valence-corrected chi connectivity index (χ4v) is 1.85. The second-order valence-electron chi connectivity index (χ2n) is 4.20. The summed E-state index contributed by atoms with van der Waals surface area (Å²) in [6, 6.07) is -0.0409. The van der Waals surface area contributed by atoms with Crippen LogP contribution in [-0.4, -0.2) is 34.8 Å². The van der Waals surface area contributed by atoms with Gasteiger partial charge in [-0.3, -0.25) is 0 Å². The first-order valence-corrected chi connectivity index (χ1v) is 6.30. The number of nitrogens with zero attached hydrogens (tertiary/aromatic N) is 2. The summed E-state index contributed by atoms with van der Waals surface area (Å²) in [6.45, 7) is 4.26. The van der Waals surface area contributed by atoms with E-state index < -0.39 is 0 Å². The summed E-state index contributed by atoms with van der Waals surface area (Å²) in [4.78, 5) is 8.31. The fraction of sp³-hybridized carbons (Fsp3) is 0.636. The molecule has 5 nitrogen and oxygen atoms in total. The van der Waals surface area contributed by atoms with Crippen LogP contribution in [0.25, 0.3) is 0 Å². The summed E-state index contributed by atoms with van der Waals surface area (Å²) in [5.41, 5.74) is 0. The third kappa shape index (κ3) is 4.47. The first-order chi connectivity index (χ1) is 8.06. The molecule has 2 N–H and O–H groups in total. The molecule has 0 fully saturated rings. The van der Waals surface area contributed by atoms with Crippen molar-refractivity contribution < 1.29 is 9.84 Å². The number of aliphatic hydroxyl groups excluding tert-OH is 1. The maximum absolute atomic E-state index is 9.26. The maximum Gasteiger partial charge on any atom is 0.232 e. The Morgan fingerprint density at radius 1 is 1.53 bits per heavy atom. The molecule has 0 saturated carbocycles. The molecular weight excluding hydrogens is 286 g/mol. The minimum Gasteiger partial charge on any atom is -0.480 e. The van der Waals surface area contributed by atoms with E-state index in [0.717, 1.165) is 6.42 Å². The van der Waals surface area contributed by atoms with Gasteiger partial charge in [-0.15, -0.1) is 0 Å². The van der Waals surface area contributed by atoms with Crippen LogP contribution < -0.4 is 10.1 Å². The van der Waals surface area contributed by atoms with Gasteiger partial charge in [-0.2, -0.15) is 4.98 Å². The van der Waals surface area contributed by atoms with Gasteiger partial charge in [0.15, 0.2) is 0 Å². The van der Waals surface area contributed by atoms with Crippen LogP contribution in [0.4, 0.5) is 5.95 Å². The Hall–Kier alpha value is -0.880. The van der Waals surface area contributed by atoms with Crippen molar-refractivity contribution in [2.24, 2.45) is 5.92 Å². The van der Waals surface area contributed by atoms with E-state index in [-0.39, 0.29) is 12.6 Å². The third-order valence-corrected chi connectivity index (χ3v) is 2.76. The van der Waals surface area contributed by atoms with Crippen LogP contribution in [-0.2, 0) is 0 Å². The summed E-state index contributed by atoms with van der Waals surface area (Å²) < 4.78 is 5.79. The van der Waals surface area contributed by atoms with Gasteiger partial charge in [-0.05, 0) is 28.3 Å². The fourth-order valence-electron chi connectivity index (χ4n) is 1.49. The molecule has 0 spiro atoms. The lowest BCUT2D eigenvalue weighted by molar-refractivity contribution is 0.258. The SMILES string of the molecule is COc1nc(NC(CO)CC(C)C)ncc1Br. The number of aromatic nitrogens is 2. The number of anilines is 1.